The molecule has 0 atom stereocenters. The maximum Gasteiger partial charge on any atom is 0.0393 e. The lowest BCUT2D eigenvalue weighted by molar-refractivity contribution is 1.69. The Kier molecular flexibility index (Phi) is 2.97. The van der Waals surface area contributed by atoms with Crippen LogP contribution in [-0.2, 0) is 0 Å². The van der Waals surface area contributed by atoms with Gasteiger partial charge in [0.2, 0.25) is 0 Å². The molecule has 0 saturated heterocycles. The van der Waals surface area contributed by atoms with Crippen LogP contribution < -0.4 is 5.73 Å². The molecule has 0 aliphatic carbocycles. The van der Waals surface area contributed by atoms with Crippen LogP contribution in [0.15, 0.2) is 42.5 Å². The Labute approximate surface area is 95.0 Å². The van der Waals surface area contributed by atoms with Gasteiger partial charge in [-0.2, -0.15) is 12.6 Å². The van der Waals surface area contributed by atoms with Crippen LogP contribution in [0.3, 0.4) is 0 Å². The van der Waals surface area contributed by atoms with Crippen LogP contribution in [0, 0.1) is 0 Å². The molecule has 0 unspecified atom stereocenters. The second-order valence-corrected chi connectivity index (χ2v) is 3.74. The number of hydrogen-bond acceptors (Lipinski definition) is 2. The molecule has 0 fully saturated rings. The molecular weight excluding hydrogens is 202 g/mol. The fraction of sp³-hybridized carbons (Fsp3) is 0.0769. The Balaban J connectivity index is 2.66. The molecule has 0 saturated carbocycles. The van der Waals surface area contributed by atoms with Crippen LogP contribution >= 0.6 is 12.6 Å². The molecule has 0 aliphatic rings. The molecule has 76 valence electrons. The Bertz CT molecular complexity index is 503. The number of nitrogen functional groups attached to an aromatic ring is 1. The van der Waals surface area contributed by atoms with Gasteiger partial charge in [-0.25, -0.2) is 0 Å². The third kappa shape index (κ3) is 2.00. The number of hydrogen-bond donors (Lipinski definition) is 2. The van der Waals surface area contributed by atoms with E-state index in [1.54, 1.807) is 0 Å². The van der Waals surface area contributed by atoms with E-state index in [1.807, 2.05) is 30.3 Å². The first-order valence-corrected chi connectivity index (χ1v) is 5.51. The topological polar surface area (TPSA) is 26.0 Å². The van der Waals surface area contributed by atoms with Crippen molar-refractivity contribution in [3.63, 3.8) is 0 Å². The molecule has 0 bridgehead atoms. The summed E-state index contributed by atoms with van der Waals surface area (Å²) in [4.78, 5) is 0. The number of benzene rings is 2. The smallest absolute Gasteiger partial charge is 0.0393 e. The van der Waals surface area contributed by atoms with Crippen LogP contribution in [0.5, 0.6) is 0 Å². The lowest BCUT2D eigenvalue weighted by Crippen LogP contribution is -1.87. The van der Waals surface area contributed by atoms with E-state index >= 15 is 0 Å². The summed E-state index contributed by atoms with van der Waals surface area (Å²) in [6, 6.07) is 12.1. The Morgan fingerprint density at radius 3 is 2.60 bits per heavy atom. The van der Waals surface area contributed by atoms with Gasteiger partial charge >= 0.3 is 0 Å². The average Bonchev–Trinajstić information content (AvgIpc) is 2.27. The molecule has 1 nitrogen and oxygen atoms in total. The van der Waals surface area contributed by atoms with Gasteiger partial charge in [-0.1, -0.05) is 42.5 Å². The fourth-order valence-electron chi connectivity index (χ4n) is 1.68. The molecule has 2 aromatic rings. The van der Waals surface area contributed by atoms with Crippen molar-refractivity contribution < 1.29 is 0 Å². The SMILES string of the molecule is Nc1cccc2c(C=CCS)cccc12. The van der Waals surface area contributed by atoms with Crippen molar-refractivity contribution in [3.8, 4) is 0 Å². The van der Waals surface area contributed by atoms with E-state index in [-0.39, 0.29) is 0 Å². The highest BCUT2D eigenvalue weighted by atomic mass is 32.1. The predicted molar refractivity (Wildman–Crippen MR) is 71.2 cm³/mol. The predicted octanol–water partition coefficient (Wildman–Crippen LogP) is 3.37. The third-order valence-electron chi connectivity index (χ3n) is 2.39. The summed E-state index contributed by atoms with van der Waals surface area (Å²) < 4.78 is 0. The standard InChI is InChI=1S/C13H13NS/c14-13-8-2-6-11-10(5-3-9-15)4-1-7-12(11)13/h1-8,15H,9,14H2. The molecule has 0 amide bonds. The van der Waals surface area contributed by atoms with E-state index in [2.05, 4.69) is 30.8 Å². The third-order valence-corrected chi connectivity index (χ3v) is 2.60. The molecule has 0 spiro atoms. The van der Waals surface area contributed by atoms with Gasteiger partial charge in [-0.05, 0) is 17.0 Å². The van der Waals surface area contributed by atoms with Crippen LogP contribution in [0.2, 0.25) is 0 Å². The number of rotatable bonds is 2. The zero-order chi connectivity index (χ0) is 10.7. The van der Waals surface area contributed by atoms with Gasteiger partial charge in [0.05, 0.1) is 0 Å². The average molecular weight is 215 g/mol. The zero-order valence-electron chi connectivity index (χ0n) is 8.35. The van der Waals surface area contributed by atoms with Crippen molar-refractivity contribution in [2.75, 3.05) is 11.5 Å². The van der Waals surface area contributed by atoms with Crippen LogP contribution in [0.25, 0.3) is 16.8 Å². The van der Waals surface area contributed by atoms with Gasteiger partial charge in [0.15, 0.2) is 0 Å². The van der Waals surface area contributed by atoms with E-state index in [4.69, 9.17) is 5.73 Å². The van der Waals surface area contributed by atoms with Crippen molar-refractivity contribution in [2.45, 2.75) is 0 Å². The second-order valence-electron chi connectivity index (χ2n) is 3.37. The summed E-state index contributed by atoms with van der Waals surface area (Å²) in [5, 5.41) is 2.30. The number of anilines is 1. The minimum atomic E-state index is 0.749. The summed E-state index contributed by atoms with van der Waals surface area (Å²) >= 11 is 4.15. The van der Waals surface area contributed by atoms with Gasteiger partial charge < -0.3 is 5.73 Å². The Morgan fingerprint density at radius 1 is 1.07 bits per heavy atom. The van der Waals surface area contributed by atoms with Gasteiger partial charge in [0, 0.05) is 16.8 Å². The van der Waals surface area contributed by atoms with E-state index < -0.39 is 0 Å². The minimum Gasteiger partial charge on any atom is -0.398 e. The lowest BCUT2D eigenvalue weighted by Gasteiger charge is -2.04. The number of thiol groups is 1. The summed E-state index contributed by atoms with van der Waals surface area (Å²) in [7, 11) is 0. The molecule has 15 heavy (non-hydrogen) atoms. The first-order chi connectivity index (χ1) is 7.33. The normalized spacial score (nSPS) is 11.3. The first-order valence-electron chi connectivity index (χ1n) is 4.87. The van der Waals surface area contributed by atoms with Crippen molar-refractivity contribution in [3.05, 3.63) is 48.0 Å². The maximum absolute atomic E-state index is 5.91. The van der Waals surface area contributed by atoms with Crippen molar-refractivity contribution in [2.24, 2.45) is 0 Å². The summed E-state index contributed by atoms with van der Waals surface area (Å²) in [6.07, 6.45) is 4.11. The van der Waals surface area contributed by atoms with Crippen LogP contribution in [-0.4, -0.2) is 5.75 Å². The Morgan fingerprint density at radius 2 is 1.80 bits per heavy atom. The maximum atomic E-state index is 5.91. The van der Waals surface area contributed by atoms with Gasteiger partial charge in [-0.3, -0.25) is 0 Å². The quantitative estimate of drug-likeness (QED) is 0.583. The second kappa shape index (κ2) is 4.41. The molecular formula is C13H13NS. The van der Waals surface area contributed by atoms with E-state index in [9.17, 15) is 0 Å². The van der Waals surface area contributed by atoms with Gasteiger partial charge in [0.25, 0.3) is 0 Å². The lowest BCUT2D eigenvalue weighted by atomic mass is 10.0. The van der Waals surface area contributed by atoms with Crippen molar-refractivity contribution >= 4 is 35.2 Å². The van der Waals surface area contributed by atoms with E-state index in [0.717, 1.165) is 16.8 Å². The van der Waals surface area contributed by atoms with E-state index in [0.29, 0.717) is 0 Å². The highest BCUT2D eigenvalue weighted by Gasteiger charge is 1.99. The monoisotopic (exact) mass is 215 g/mol. The van der Waals surface area contributed by atoms with Gasteiger partial charge in [0.1, 0.15) is 0 Å². The number of nitrogens with two attached hydrogens (primary N) is 1. The highest BCUT2D eigenvalue weighted by molar-refractivity contribution is 7.80. The van der Waals surface area contributed by atoms with Crippen LogP contribution in [0.1, 0.15) is 5.56 Å². The minimum absolute atomic E-state index is 0.749. The molecule has 0 aromatic heterocycles. The molecule has 2 heteroatoms. The largest absolute Gasteiger partial charge is 0.398 e. The Hall–Kier alpha value is -1.41. The highest BCUT2D eigenvalue weighted by Crippen LogP contribution is 2.24. The molecule has 2 aromatic carbocycles. The summed E-state index contributed by atoms with van der Waals surface area (Å²) in [6.45, 7) is 0. The molecule has 0 aliphatic heterocycles. The van der Waals surface area contributed by atoms with Gasteiger partial charge in [-0.15, -0.1) is 0 Å². The summed E-state index contributed by atoms with van der Waals surface area (Å²) in [5.74, 6) is 0.749. The zero-order valence-corrected chi connectivity index (χ0v) is 9.24. The molecule has 2 rings (SSSR count). The molecule has 0 heterocycles. The molecule has 0 radical (unpaired) electrons. The molecule has 2 N–H and O–H groups in total. The first kappa shape index (κ1) is 10.1. The fourth-order valence-corrected chi connectivity index (χ4v) is 1.79. The van der Waals surface area contributed by atoms with Crippen LogP contribution in [0.4, 0.5) is 5.69 Å². The van der Waals surface area contributed by atoms with Crippen molar-refractivity contribution in [1.29, 1.82) is 0 Å². The van der Waals surface area contributed by atoms with Crippen molar-refractivity contribution in [1.82, 2.24) is 0 Å². The summed E-state index contributed by atoms with van der Waals surface area (Å²) in [5.41, 5.74) is 7.93. The van der Waals surface area contributed by atoms with E-state index in [1.165, 1.54) is 10.9 Å². The number of fused-ring (bicyclic) bond motifs is 1.